The molecule has 0 unspecified atom stereocenters. The Hall–Kier alpha value is -3.36. The third kappa shape index (κ3) is 10.2. The maximum Gasteiger partial charge on any atom is 0.243 e. The van der Waals surface area contributed by atoms with Crippen molar-refractivity contribution in [3.05, 3.63) is 101 Å². The summed E-state index contributed by atoms with van der Waals surface area (Å²) in [5, 5.41) is 3.53. The van der Waals surface area contributed by atoms with Gasteiger partial charge in [-0.2, -0.15) is 0 Å². The normalized spacial score (nSPS) is 12.0. The van der Waals surface area contributed by atoms with Crippen molar-refractivity contribution in [2.45, 2.75) is 58.5 Å². The van der Waals surface area contributed by atoms with E-state index in [1.165, 1.54) is 4.31 Å². The highest BCUT2D eigenvalue weighted by Gasteiger charge is 2.30. The van der Waals surface area contributed by atoms with Gasteiger partial charge in [-0.05, 0) is 55.2 Å². The zero-order valence-corrected chi connectivity index (χ0v) is 25.6. The van der Waals surface area contributed by atoms with E-state index in [1.807, 2.05) is 61.5 Å². The Morgan fingerprint density at radius 1 is 0.927 bits per heavy atom. The largest absolute Gasteiger partial charge is 0.354 e. The van der Waals surface area contributed by atoms with E-state index in [-0.39, 0.29) is 37.7 Å². The van der Waals surface area contributed by atoms with Crippen LogP contribution in [0.3, 0.4) is 0 Å². The van der Waals surface area contributed by atoms with Crippen LogP contribution in [0.4, 0.5) is 5.69 Å². The first-order valence-electron chi connectivity index (χ1n) is 14.0. The number of carbonyl (C=O) groups is 2. The smallest absolute Gasteiger partial charge is 0.243 e. The summed E-state index contributed by atoms with van der Waals surface area (Å²) >= 11 is 5.99. The van der Waals surface area contributed by atoms with Gasteiger partial charge in [-0.25, -0.2) is 8.42 Å². The highest BCUT2D eigenvalue weighted by molar-refractivity contribution is 7.92. The van der Waals surface area contributed by atoms with E-state index in [2.05, 4.69) is 12.2 Å². The molecule has 0 fully saturated rings. The van der Waals surface area contributed by atoms with E-state index in [1.54, 1.807) is 29.2 Å². The first-order valence-corrected chi connectivity index (χ1v) is 16.2. The summed E-state index contributed by atoms with van der Waals surface area (Å²) in [5.74, 6) is -0.398. The Morgan fingerprint density at radius 3 is 2.24 bits per heavy atom. The monoisotopic (exact) mass is 597 g/mol. The quantitative estimate of drug-likeness (QED) is 0.226. The lowest BCUT2D eigenvalue weighted by Crippen LogP contribution is -2.50. The molecule has 0 spiro atoms. The Morgan fingerprint density at radius 2 is 1.61 bits per heavy atom. The third-order valence-corrected chi connectivity index (χ3v) is 8.25. The topological polar surface area (TPSA) is 86.8 Å². The van der Waals surface area contributed by atoms with Crippen molar-refractivity contribution < 1.29 is 18.0 Å². The molecule has 0 radical (unpaired) electrons. The molecule has 7 nitrogen and oxygen atoms in total. The maximum absolute atomic E-state index is 13.9. The molecule has 1 N–H and O–H groups in total. The Labute approximate surface area is 249 Å². The molecule has 220 valence electrons. The molecule has 0 aliphatic carbocycles. The second-order valence-corrected chi connectivity index (χ2v) is 12.6. The van der Waals surface area contributed by atoms with Crippen molar-refractivity contribution in [3.63, 3.8) is 0 Å². The summed E-state index contributed by atoms with van der Waals surface area (Å²) in [5.41, 5.74) is 3.43. The fourth-order valence-corrected chi connectivity index (χ4v) is 5.77. The molecule has 3 aromatic carbocycles. The highest BCUT2D eigenvalue weighted by atomic mass is 35.5. The molecule has 0 aliphatic rings. The number of nitrogens with one attached hydrogen (secondary N) is 1. The molecule has 9 heteroatoms. The average Bonchev–Trinajstić information content (AvgIpc) is 2.93. The summed E-state index contributed by atoms with van der Waals surface area (Å²) in [7, 11) is -3.58. The highest BCUT2D eigenvalue weighted by Crippen LogP contribution is 2.22. The van der Waals surface area contributed by atoms with E-state index >= 15 is 0 Å². The number of unbranched alkanes of at least 4 members (excludes halogenated alkanes) is 1. The van der Waals surface area contributed by atoms with Gasteiger partial charge in [-0.3, -0.25) is 13.9 Å². The SMILES string of the molecule is CCCCNC(=O)[C@@H](Cc1ccccc1)N(Cc1cccc(C)c1)C(=O)CCCN(c1ccc(Cl)cc1)S(C)(=O)=O. The molecule has 3 rings (SSSR count). The Bertz CT molecular complexity index is 1380. The van der Waals surface area contributed by atoms with Gasteiger partial charge in [-0.1, -0.05) is 85.1 Å². The average molecular weight is 598 g/mol. The zero-order chi connectivity index (χ0) is 29.8. The number of hydrogen-bond acceptors (Lipinski definition) is 4. The van der Waals surface area contributed by atoms with E-state index in [9.17, 15) is 18.0 Å². The van der Waals surface area contributed by atoms with Crippen LogP contribution in [-0.4, -0.2) is 50.5 Å². The molecule has 0 heterocycles. The molecule has 0 bridgehead atoms. The van der Waals surface area contributed by atoms with Crippen LogP contribution in [0.5, 0.6) is 0 Å². The molecule has 0 saturated carbocycles. The van der Waals surface area contributed by atoms with E-state index in [0.29, 0.717) is 23.7 Å². The lowest BCUT2D eigenvalue weighted by atomic mass is 10.0. The zero-order valence-electron chi connectivity index (χ0n) is 24.1. The van der Waals surface area contributed by atoms with Crippen LogP contribution >= 0.6 is 11.6 Å². The lowest BCUT2D eigenvalue weighted by molar-refractivity contribution is -0.141. The van der Waals surface area contributed by atoms with Crippen LogP contribution in [0.2, 0.25) is 5.02 Å². The number of hydrogen-bond donors (Lipinski definition) is 1. The van der Waals surface area contributed by atoms with Crippen LogP contribution in [0.15, 0.2) is 78.9 Å². The standard InChI is InChI=1S/C32H40ClN3O4S/c1-4-5-20-34-32(38)30(23-26-12-7-6-8-13-26)35(24-27-14-9-11-25(2)22-27)31(37)15-10-21-36(41(3,39)40)29-18-16-28(33)17-19-29/h6-9,11-14,16-19,22,30H,4-5,10,15,20-21,23-24H2,1-3H3,(H,34,38)/t30-/m1/s1. The van der Waals surface area contributed by atoms with Gasteiger partial charge in [0.15, 0.2) is 0 Å². The van der Waals surface area contributed by atoms with Gasteiger partial charge in [0.05, 0.1) is 11.9 Å². The van der Waals surface area contributed by atoms with Crippen molar-refractivity contribution in [2.75, 3.05) is 23.7 Å². The van der Waals surface area contributed by atoms with Gasteiger partial charge in [0.2, 0.25) is 21.8 Å². The Kier molecular flexibility index (Phi) is 12.2. The first-order chi connectivity index (χ1) is 19.6. The van der Waals surface area contributed by atoms with Crippen LogP contribution in [0.25, 0.3) is 0 Å². The predicted molar refractivity (Wildman–Crippen MR) is 166 cm³/mol. The molecule has 41 heavy (non-hydrogen) atoms. The molecule has 0 saturated heterocycles. The minimum atomic E-state index is -3.58. The first kappa shape index (κ1) is 32.2. The van der Waals surface area contributed by atoms with E-state index < -0.39 is 16.1 Å². The molecule has 0 aromatic heterocycles. The molecule has 3 aromatic rings. The summed E-state index contributed by atoms with van der Waals surface area (Å²) in [6.45, 7) is 4.98. The van der Waals surface area contributed by atoms with Crippen LogP contribution in [0.1, 0.15) is 49.3 Å². The van der Waals surface area contributed by atoms with E-state index in [4.69, 9.17) is 11.6 Å². The lowest BCUT2D eigenvalue weighted by Gasteiger charge is -2.32. The fraction of sp³-hybridized carbons (Fsp3) is 0.375. The van der Waals surface area contributed by atoms with E-state index in [0.717, 1.165) is 35.8 Å². The van der Waals surface area contributed by atoms with Crippen molar-refractivity contribution in [1.82, 2.24) is 10.2 Å². The van der Waals surface area contributed by atoms with Crippen LogP contribution < -0.4 is 9.62 Å². The summed E-state index contributed by atoms with van der Waals surface area (Å²) in [4.78, 5) is 29.1. The number of anilines is 1. The van der Waals surface area contributed by atoms with Crippen molar-refractivity contribution in [2.24, 2.45) is 0 Å². The number of benzene rings is 3. The number of amides is 2. The van der Waals surface area contributed by atoms with Gasteiger partial charge in [0.25, 0.3) is 0 Å². The fourth-order valence-electron chi connectivity index (χ4n) is 4.68. The summed E-state index contributed by atoms with van der Waals surface area (Å²) < 4.78 is 26.4. The number of nitrogens with zero attached hydrogens (tertiary/aromatic N) is 2. The van der Waals surface area contributed by atoms with Gasteiger partial charge in [0, 0.05) is 37.5 Å². The number of sulfonamides is 1. The minimum absolute atomic E-state index is 0.0823. The third-order valence-electron chi connectivity index (χ3n) is 6.80. The van der Waals surface area contributed by atoms with Crippen molar-refractivity contribution in [3.8, 4) is 0 Å². The molecular weight excluding hydrogens is 558 g/mol. The van der Waals surface area contributed by atoms with Crippen LogP contribution in [-0.2, 0) is 32.6 Å². The molecule has 2 amide bonds. The minimum Gasteiger partial charge on any atom is -0.354 e. The predicted octanol–water partition coefficient (Wildman–Crippen LogP) is 5.75. The second kappa shape index (κ2) is 15.6. The van der Waals surface area contributed by atoms with Crippen LogP contribution in [0, 0.1) is 6.92 Å². The molecule has 0 aliphatic heterocycles. The summed E-state index contributed by atoms with van der Waals surface area (Å²) in [6, 6.07) is 23.4. The van der Waals surface area contributed by atoms with Crippen molar-refractivity contribution >= 4 is 39.1 Å². The number of aryl methyl sites for hydroxylation is 1. The van der Waals surface area contributed by atoms with Gasteiger partial charge in [-0.15, -0.1) is 0 Å². The second-order valence-electron chi connectivity index (χ2n) is 10.3. The number of halogens is 1. The van der Waals surface area contributed by atoms with Crippen molar-refractivity contribution in [1.29, 1.82) is 0 Å². The number of rotatable bonds is 15. The Balaban J connectivity index is 1.86. The van der Waals surface area contributed by atoms with Gasteiger partial charge >= 0.3 is 0 Å². The molecule has 1 atom stereocenters. The summed E-state index contributed by atoms with van der Waals surface area (Å²) in [6.07, 6.45) is 3.68. The maximum atomic E-state index is 13.9. The molecular formula is C32H40ClN3O4S. The van der Waals surface area contributed by atoms with Gasteiger partial charge < -0.3 is 10.2 Å². The van der Waals surface area contributed by atoms with Gasteiger partial charge in [0.1, 0.15) is 6.04 Å². The number of carbonyl (C=O) groups excluding carboxylic acids is 2.